The van der Waals surface area contributed by atoms with Gasteiger partial charge in [0.2, 0.25) is 11.0 Å². The van der Waals surface area contributed by atoms with Crippen LogP contribution in [-0.4, -0.2) is 39.3 Å². The SMILES string of the molecule is C[C@H]1CCCCN1C(=O)CSc1nnc(NCc2ccc(F)cc2)s1. The molecule has 2 heterocycles. The summed E-state index contributed by atoms with van der Waals surface area (Å²) in [6, 6.07) is 6.68. The van der Waals surface area contributed by atoms with Crippen LogP contribution in [0.3, 0.4) is 0 Å². The van der Waals surface area contributed by atoms with Crippen LogP contribution in [0.4, 0.5) is 9.52 Å². The number of likely N-dealkylation sites (tertiary alicyclic amines) is 1. The summed E-state index contributed by atoms with van der Waals surface area (Å²) in [5, 5.41) is 12.1. The van der Waals surface area contributed by atoms with E-state index in [1.54, 1.807) is 12.1 Å². The van der Waals surface area contributed by atoms with Crippen molar-refractivity contribution in [1.82, 2.24) is 15.1 Å². The predicted molar refractivity (Wildman–Crippen MR) is 99.4 cm³/mol. The van der Waals surface area contributed by atoms with Gasteiger partial charge in [0.15, 0.2) is 4.34 Å². The Bertz CT molecular complexity index is 707. The molecule has 1 aromatic carbocycles. The van der Waals surface area contributed by atoms with Crippen molar-refractivity contribution >= 4 is 34.1 Å². The van der Waals surface area contributed by atoms with Gasteiger partial charge in [-0.2, -0.15) is 0 Å². The van der Waals surface area contributed by atoms with E-state index in [2.05, 4.69) is 22.4 Å². The molecule has 0 bridgehead atoms. The van der Waals surface area contributed by atoms with Crippen molar-refractivity contribution in [2.75, 3.05) is 17.6 Å². The lowest BCUT2D eigenvalue weighted by Crippen LogP contribution is -2.42. The number of thioether (sulfide) groups is 1. The standard InChI is InChI=1S/C17H21FN4OS2/c1-12-4-2-3-9-22(12)15(23)11-24-17-21-20-16(25-17)19-10-13-5-7-14(18)8-6-13/h5-8,12H,2-4,9-11H2,1H3,(H,19,20)/t12-/m0/s1. The Kier molecular flexibility index (Phi) is 6.25. The summed E-state index contributed by atoms with van der Waals surface area (Å²) in [5.41, 5.74) is 0.972. The average Bonchev–Trinajstić information content (AvgIpc) is 3.07. The Labute approximate surface area is 155 Å². The van der Waals surface area contributed by atoms with Crippen molar-refractivity contribution < 1.29 is 9.18 Å². The quantitative estimate of drug-likeness (QED) is 0.773. The number of hydrogen-bond donors (Lipinski definition) is 1. The van der Waals surface area contributed by atoms with Gasteiger partial charge >= 0.3 is 0 Å². The number of aromatic nitrogens is 2. The average molecular weight is 381 g/mol. The second-order valence-electron chi connectivity index (χ2n) is 6.07. The molecule has 2 aromatic rings. The van der Waals surface area contributed by atoms with Gasteiger partial charge in [-0.05, 0) is 43.9 Å². The van der Waals surface area contributed by atoms with Gasteiger partial charge in [0, 0.05) is 19.1 Å². The van der Waals surface area contributed by atoms with Crippen molar-refractivity contribution in [3.05, 3.63) is 35.6 Å². The van der Waals surface area contributed by atoms with Gasteiger partial charge in [-0.15, -0.1) is 10.2 Å². The van der Waals surface area contributed by atoms with Crippen LogP contribution in [0, 0.1) is 5.82 Å². The number of benzene rings is 1. The second-order valence-corrected chi connectivity index (χ2v) is 8.27. The van der Waals surface area contributed by atoms with Crippen molar-refractivity contribution in [3.63, 3.8) is 0 Å². The number of carbonyl (C=O) groups is 1. The molecule has 0 aliphatic carbocycles. The van der Waals surface area contributed by atoms with Crippen molar-refractivity contribution in [2.45, 2.75) is 43.1 Å². The molecular formula is C17H21FN4OS2. The maximum absolute atomic E-state index is 12.9. The highest BCUT2D eigenvalue weighted by atomic mass is 32.2. The van der Waals surface area contributed by atoms with E-state index in [9.17, 15) is 9.18 Å². The van der Waals surface area contributed by atoms with E-state index >= 15 is 0 Å². The van der Waals surface area contributed by atoms with Crippen molar-refractivity contribution in [3.8, 4) is 0 Å². The van der Waals surface area contributed by atoms with Gasteiger partial charge in [-0.25, -0.2) is 4.39 Å². The monoisotopic (exact) mass is 380 g/mol. The molecule has 1 aliphatic heterocycles. The van der Waals surface area contributed by atoms with E-state index in [-0.39, 0.29) is 11.7 Å². The van der Waals surface area contributed by atoms with E-state index in [1.165, 1.54) is 41.7 Å². The summed E-state index contributed by atoms with van der Waals surface area (Å²) >= 11 is 2.86. The Morgan fingerprint density at radius 2 is 2.16 bits per heavy atom. The van der Waals surface area contributed by atoms with Crippen LogP contribution >= 0.6 is 23.1 Å². The summed E-state index contributed by atoms with van der Waals surface area (Å²) in [4.78, 5) is 14.3. The third-order valence-corrected chi connectivity index (χ3v) is 6.20. The molecule has 134 valence electrons. The Balaban J connectivity index is 1.46. The Morgan fingerprint density at radius 1 is 1.36 bits per heavy atom. The molecule has 5 nitrogen and oxygen atoms in total. The lowest BCUT2D eigenvalue weighted by molar-refractivity contribution is -0.131. The lowest BCUT2D eigenvalue weighted by atomic mass is 10.0. The van der Waals surface area contributed by atoms with Crippen LogP contribution in [-0.2, 0) is 11.3 Å². The van der Waals surface area contributed by atoms with Crippen LogP contribution in [0.2, 0.25) is 0 Å². The minimum absolute atomic E-state index is 0.174. The minimum atomic E-state index is -0.244. The highest BCUT2D eigenvalue weighted by Crippen LogP contribution is 2.27. The number of amides is 1. The zero-order valence-electron chi connectivity index (χ0n) is 14.1. The number of carbonyl (C=O) groups excluding carboxylic acids is 1. The minimum Gasteiger partial charge on any atom is -0.356 e. The molecule has 1 fully saturated rings. The normalized spacial score (nSPS) is 17.5. The van der Waals surface area contributed by atoms with Crippen LogP contribution in [0.5, 0.6) is 0 Å². The molecule has 8 heteroatoms. The molecule has 0 saturated carbocycles. The zero-order valence-corrected chi connectivity index (χ0v) is 15.7. The van der Waals surface area contributed by atoms with Gasteiger partial charge < -0.3 is 10.2 Å². The predicted octanol–water partition coefficient (Wildman–Crippen LogP) is 3.78. The van der Waals surface area contributed by atoms with Crippen LogP contribution in [0.25, 0.3) is 0 Å². The first-order valence-electron chi connectivity index (χ1n) is 8.36. The molecular weight excluding hydrogens is 359 g/mol. The maximum atomic E-state index is 12.9. The zero-order chi connectivity index (χ0) is 17.6. The number of hydrogen-bond acceptors (Lipinski definition) is 6. The smallest absolute Gasteiger partial charge is 0.233 e. The first-order chi connectivity index (χ1) is 12.1. The van der Waals surface area contributed by atoms with Crippen LogP contribution < -0.4 is 5.32 Å². The van der Waals surface area contributed by atoms with Crippen LogP contribution in [0.15, 0.2) is 28.6 Å². The molecule has 1 aliphatic rings. The summed E-state index contributed by atoms with van der Waals surface area (Å²) in [7, 11) is 0. The van der Waals surface area contributed by atoms with Gasteiger partial charge in [0.05, 0.1) is 5.75 Å². The molecule has 1 amide bonds. The molecule has 3 rings (SSSR count). The summed E-state index contributed by atoms with van der Waals surface area (Å²) in [5.74, 6) is 0.330. The molecule has 1 atom stereocenters. The van der Waals surface area contributed by atoms with Crippen molar-refractivity contribution in [2.24, 2.45) is 0 Å². The van der Waals surface area contributed by atoms with E-state index in [4.69, 9.17) is 0 Å². The lowest BCUT2D eigenvalue weighted by Gasteiger charge is -2.33. The van der Waals surface area contributed by atoms with Crippen molar-refractivity contribution in [1.29, 1.82) is 0 Å². The van der Waals surface area contributed by atoms with Gasteiger partial charge in [0.25, 0.3) is 0 Å². The molecule has 0 unspecified atom stereocenters. The molecule has 1 aromatic heterocycles. The van der Waals surface area contributed by atoms with E-state index < -0.39 is 0 Å². The molecule has 0 spiro atoms. The first-order valence-corrected chi connectivity index (χ1v) is 10.2. The van der Waals surface area contributed by atoms with Gasteiger partial charge in [-0.1, -0.05) is 35.2 Å². The van der Waals surface area contributed by atoms with E-state index in [0.29, 0.717) is 23.5 Å². The summed E-state index contributed by atoms with van der Waals surface area (Å²) < 4.78 is 13.7. The number of piperidine rings is 1. The Hall–Kier alpha value is -1.67. The van der Waals surface area contributed by atoms with Gasteiger partial charge in [-0.3, -0.25) is 4.79 Å². The Morgan fingerprint density at radius 3 is 2.92 bits per heavy atom. The van der Waals surface area contributed by atoms with Gasteiger partial charge in [0.1, 0.15) is 5.82 Å². The number of anilines is 1. The highest BCUT2D eigenvalue weighted by molar-refractivity contribution is 8.01. The molecule has 1 N–H and O–H groups in total. The highest BCUT2D eigenvalue weighted by Gasteiger charge is 2.23. The van der Waals surface area contributed by atoms with E-state index in [1.807, 2.05) is 4.90 Å². The third-order valence-electron chi connectivity index (χ3n) is 4.21. The number of nitrogens with one attached hydrogen (secondary N) is 1. The fourth-order valence-electron chi connectivity index (χ4n) is 2.79. The number of nitrogens with zero attached hydrogens (tertiary/aromatic N) is 3. The third kappa shape index (κ3) is 5.15. The number of halogens is 1. The fraction of sp³-hybridized carbons (Fsp3) is 0.471. The fourth-order valence-corrected chi connectivity index (χ4v) is 4.43. The molecule has 1 saturated heterocycles. The largest absolute Gasteiger partial charge is 0.356 e. The van der Waals surface area contributed by atoms with E-state index in [0.717, 1.165) is 29.3 Å². The summed E-state index contributed by atoms with van der Waals surface area (Å²) in [6.45, 7) is 3.54. The molecule has 25 heavy (non-hydrogen) atoms. The number of rotatable bonds is 6. The maximum Gasteiger partial charge on any atom is 0.233 e. The second kappa shape index (κ2) is 8.62. The van der Waals surface area contributed by atoms with Crippen LogP contribution in [0.1, 0.15) is 31.7 Å². The molecule has 0 radical (unpaired) electrons. The summed E-state index contributed by atoms with van der Waals surface area (Å²) in [6.07, 6.45) is 3.39. The topological polar surface area (TPSA) is 58.1 Å². The first kappa shape index (κ1) is 18.1.